The normalized spacial score (nSPS) is 16.7. The molecule has 1 aromatic rings. The monoisotopic (exact) mass is 268 g/mol. The minimum Gasteiger partial charge on any atom is -0.313 e. The zero-order valence-electron chi connectivity index (χ0n) is 10.3. The third-order valence-electron chi connectivity index (χ3n) is 3.22. The van der Waals surface area contributed by atoms with E-state index in [1.807, 2.05) is 11.8 Å². The van der Waals surface area contributed by atoms with Crippen molar-refractivity contribution in [1.82, 2.24) is 9.55 Å². The highest BCUT2D eigenvalue weighted by Gasteiger charge is 2.18. The van der Waals surface area contributed by atoms with Gasteiger partial charge in [0.15, 0.2) is 5.78 Å². The zero-order valence-corrected chi connectivity index (χ0v) is 11.1. The van der Waals surface area contributed by atoms with Gasteiger partial charge in [-0.1, -0.05) is 0 Å². The molecular formula is C12H16N2O3S. The number of hydrogen-bond acceptors (Lipinski definition) is 4. The third-order valence-corrected chi connectivity index (χ3v) is 4.27. The van der Waals surface area contributed by atoms with Crippen LogP contribution in [0.1, 0.15) is 30.1 Å². The van der Waals surface area contributed by atoms with Crippen molar-refractivity contribution < 1.29 is 4.79 Å². The fourth-order valence-electron chi connectivity index (χ4n) is 2.12. The minimum absolute atomic E-state index is 0.0554. The van der Waals surface area contributed by atoms with Gasteiger partial charge in [0.05, 0.1) is 5.56 Å². The lowest BCUT2D eigenvalue weighted by molar-refractivity contribution is 0.101. The summed E-state index contributed by atoms with van der Waals surface area (Å²) in [5, 5.41) is 0. The smallest absolute Gasteiger partial charge is 0.313 e. The van der Waals surface area contributed by atoms with Crippen LogP contribution in [0.3, 0.4) is 0 Å². The highest BCUT2D eigenvalue weighted by Crippen LogP contribution is 2.23. The van der Waals surface area contributed by atoms with E-state index in [9.17, 15) is 14.4 Å². The van der Waals surface area contributed by atoms with Gasteiger partial charge in [-0.05, 0) is 37.2 Å². The Labute approximate surface area is 109 Å². The Morgan fingerprint density at radius 2 is 2.11 bits per heavy atom. The Morgan fingerprint density at radius 3 is 2.72 bits per heavy atom. The quantitative estimate of drug-likeness (QED) is 0.826. The van der Waals surface area contributed by atoms with Crippen LogP contribution in [-0.4, -0.2) is 26.8 Å². The van der Waals surface area contributed by atoms with Crippen molar-refractivity contribution in [3.8, 4) is 0 Å². The molecule has 1 N–H and O–H groups in total. The van der Waals surface area contributed by atoms with E-state index < -0.39 is 11.2 Å². The maximum atomic E-state index is 12.0. The summed E-state index contributed by atoms with van der Waals surface area (Å²) in [7, 11) is 0. The molecule has 18 heavy (non-hydrogen) atoms. The molecule has 5 nitrogen and oxygen atoms in total. The number of H-pyrrole nitrogens is 1. The van der Waals surface area contributed by atoms with Crippen molar-refractivity contribution in [3.05, 3.63) is 32.6 Å². The van der Waals surface area contributed by atoms with Crippen LogP contribution in [0.4, 0.5) is 0 Å². The summed E-state index contributed by atoms with van der Waals surface area (Å²) in [6, 6.07) is 0. The average Bonchev–Trinajstić information content (AvgIpc) is 2.35. The fraction of sp³-hybridized carbons (Fsp3) is 0.583. The van der Waals surface area contributed by atoms with Gasteiger partial charge in [-0.15, -0.1) is 0 Å². The molecule has 1 saturated heterocycles. The molecule has 2 heterocycles. The molecule has 0 spiro atoms. The number of carbonyl (C=O) groups is 1. The van der Waals surface area contributed by atoms with Crippen LogP contribution in [0.5, 0.6) is 0 Å². The summed E-state index contributed by atoms with van der Waals surface area (Å²) in [6.45, 7) is 1.74. The van der Waals surface area contributed by atoms with Crippen molar-refractivity contribution in [2.75, 3.05) is 11.5 Å². The predicted molar refractivity (Wildman–Crippen MR) is 71.4 cm³/mol. The highest BCUT2D eigenvalue weighted by molar-refractivity contribution is 7.99. The molecule has 0 unspecified atom stereocenters. The highest BCUT2D eigenvalue weighted by atomic mass is 32.2. The van der Waals surface area contributed by atoms with E-state index >= 15 is 0 Å². The van der Waals surface area contributed by atoms with Gasteiger partial charge in [0.1, 0.15) is 0 Å². The summed E-state index contributed by atoms with van der Waals surface area (Å²) in [4.78, 5) is 37.4. The molecule has 1 aliphatic rings. The molecule has 0 radical (unpaired) electrons. The van der Waals surface area contributed by atoms with Gasteiger partial charge >= 0.3 is 5.69 Å². The molecule has 0 aromatic carbocycles. The average molecular weight is 268 g/mol. The van der Waals surface area contributed by atoms with Crippen molar-refractivity contribution >= 4 is 17.5 Å². The summed E-state index contributed by atoms with van der Waals surface area (Å²) in [5.41, 5.74) is -0.840. The number of rotatable bonds is 3. The number of aromatic amines is 1. The zero-order chi connectivity index (χ0) is 13.1. The van der Waals surface area contributed by atoms with Gasteiger partial charge in [-0.2, -0.15) is 11.8 Å². The summed E-state index contributed by atoms with van der Waals surface area (Å²) in [6.07, 6.45) is 3.24. The molecule has 98 valence electrons. The van der Waals surface area contributed by atoms with Crippen LogP contribution in [0.15, 0.2) is 15.8 Å². The number of nitrogens with zero attached hydrogens (tertiary/aromatic N) is 1. The lowest BCUT2D eigenvalue weighted by Crippen LogP contribution is -2.39. The molecule has 1 fully saturated rings. The number of hydrogen-bond donors (Lipinski definition) is 1. The molecule has 0 saturated carbocycles. The van der Waals surface area contributed by atoms with E-state index in [1.54, 1.807) is 0 Å². The second-order valence-corrected chi connectivity index (χ2v) is 5.76. The first-order valence-electron chi connectivity index (χ1n) is 6.01. The Bertz CT molecular complexity index is 555. The Balaban J connectivity index is 2.31. The molecule has 6 heteroatoms. The largest absolute Gasteiger partial charge is 0.328 e. The maximum absolute atomic E-state index is 12.0. The second-order valence-electron chi connectivity index (χ2n) is 4.54. The van der Waals surface area contributed by atoms with E-state index in [2.05, 4.69) is 4.98 Å². The van der Waals surface area contributed by atoms with Crippen molar-refractivity contribution in [3.63, 3.8) is 0 Å². The predicted octanol–water partition coefficient (Wildman–Crippen LogP) is 0.882. The van der Waals surface area contributed by atoms with Crippen LogP contribution in [0.25, 0.3) is 0 Å². The first-order valence-corrected chi connectivity index (χ1v) is 7.16. The van der Waals surface area contributed by atoms with Crippen molar-refractivity contribution in [1.29, 1.82) is 0 Å². The minimum atomic E-state index is -0.468. The van der Waals surface area contributed by atoms with Gasteiger partial charge in [0.2, 0.25) is 0 Å². The number of nitrogens with one attached hydrogen (secondary N) is 1. The van der Waals surface area contributed by atoms with E-state index in [0.717, 1.165) is 28.9 Å². The molecule has 0 bridgehead atoms. The standard InChI is InChI=1S/C12H16N2O3S/c1-8(15)10-6-13-12(17)14(11(10)16)7-9-2-4-18-5-3-9/h6,9H,2-5,7H2,1H3,(H,13,17). The Hall–Kier alpha value is -1.30. The van der Waals surface area contributed by atoms with Crippen LogP contribution in [-0.2, 0) is 6.54 Å². The van der Waals surface area contributed by atoms with Gasteiger partial charge in [-0.3, -0.25) is 14.2 Å². The van der Waals surface area contributed by atoms with E-state index in [-0.39, 0.29) is 11.3 Å². The van der Waals surface area contributed by atoms with Crippen LogP contribution in [0, 0.1) is 5.92 Å². The number of Topliss-reactive ketones (excluding diaryl/α,β-unsaturated/α-hetero) is 1. The molecule has 0 aliphatic carbocycles. The van der Waals surface area contributed by atoms with E-state index in [0.29, 0.717) is 12.5 Å². The molecule has 1 aliphatic heterocycles. The van der Waals surface area contributed by atoms with Gasteiger partial charge in [0, 0.05) is 12.7 Å². The first kappa shape index (κ1) is 13.1. The molecule has 0 amide bonds. The van der Waals surface area contributed by atoms with Crippen LogP contribution < -0.4 is 11.2 Å². The van der Waals surface area contributed by atoms with Crippen LogP contribution in [0.2, 0.25) is 0 Å². The molecular weight excluding hydrogens is 252 g/mol. The van der Waals surface area contributed by atoms with Gasteiger partial charge in [0.25, 0.3) is 5.56 Å². The topological polar surface area (TPSA) is 71.9 Å². The summed E-state index contributed by atoms with van der Waals surface area (Å²) < 4.78 is 1.16. The number of carbonyl (C=O) groups excluding carboxylic acids is 1. The SMILES string of the molecule is CC(=O)c1c[nH]c(=O)n(CC2CCSCC2)c1=O. The van der Waals surface area contributed by atoms with E-state index in [1.165, 1.54) is 13.1 Å². The Morgan fingerprint density at radius 1 is 1.44 bits per heavy atom. The summed E-state index contributed by atoms with van der Waals surface area (Å²) in [5.74, 6) is 2.18. The first-order chi connectivity index (χ1) is 8.59. The maximum Gasteiger partial charge on any atom is 0.328 e. The third kappa shape index (κ3) is 2.75. The lowest BCUT2D eigenvalue weighted by Gasteiger charge is -2.21. The summed E-state index contributed by atoms with van der Waals surface area (Å²) >= 11 is 1.90. The fourth-order valence-corrected chi connectivity index (χ4v) is 3.32. The van der Waals surface area contributed by atoms with E-state index in [4.69, 9.17) is 0 Å². The van der Waals surface area contributed by atoms with Crippen LogP contribution >= 0.6 is 11.8 Å². The van der Waals surface area contributed by atoms with Crippen molar-refractivity contribution in [2.24, 2.45) is 5.92 Å². The van der Waals surface area contributed by atoms with Gasteiger partial charge in [-0.25, -0.2) is 4.79 Å². The molecule has 1 aromatic heterocycles. The number of aromatic nitrogens is 2. The molecule has 0 atom stereocenters. The van der Waals surface area contributed by atoms with Gasteiger partial charge < -0.3 is 4.98 Å². The molecule has 2 rings (SSSR count). The second kappa shape index (κ2) is 5.56. The number of thioether (sulfide) groups is 1. The Kier molecular flexibility index (Phi) is 4.06. The number of ketones is 1. The lowest BCUT2D eigenvalue weighted by atomic mass is 10.0. The van der Waals surface area contributed by atoms with Crippen molar-refractivity contribution in [2.45, 2.75) is 26.3 Å².